The van der Waals surface area contributed by atoms with Crippen molar-refractivity contribution in [3.05, 3.63) is 53.6 Å². The van der Waals surface area contributed by atoms with Gasteiger partial charge in [0.15, 0.2) is 5.78 Å². The van der Waals surface area contributed by atoms with Gasteiger partial charge in [-0.25, -0.2) is 0 Å². The normalized spacial score (nSPS) is 14.1. The maximum atomic E-state index is 11.9. The van der Waals surface area contributed by atoms with E-state index in [1.165, 1.54) is 11.1 Å². The van der Waals surface area contributed by atoms with Crippen molar-refractivity contribution in [2.24, 2.45) is 0 Å². The van der Waals surface area contributed by atoms with Crippen LogP contribution in [0.4, 0.5) is 0 Å². The van der Waals surface area contributed by atoms with Crippen LogP contribution < -0.4 is 4.74 Å². The molecule has 0 aromatic heterocycles. The Hall–Kier alpha value is -2.09. The van der Waals surface area contributed by atoms with Gasteiger partial charge < -0.3 is 4.74 Å². The van der Waals surface area contributed by atoms with E-state index in [1.54, 1.807) is 7.11 Å². The smallest absolute Gasteiger partial charge is 0.163 e. The number of fused-ring (bicyclic) bond motifs is 1. The third kappa shape index (κ3) is 2.14. The molecule has 2 aromatic carbocycles. The maximum absolute atomic E-state index is 11.9. The van der Waals surface area contributed by atoms with E-state index >= 15 is 0 Å². The lowest BCUT2D eigenvalue weighted by atomic mass is 9.85. The fourth-order valence-corrected chi connectivity index (χ4v) is 2.72. The first-order valence-electron chi connectivity index (χ1n) is 6.59. The van der Waals surface area contributed by atoms with Gasteiger partial charge in [-0.1, -0.05) is 30.3 Å². The highest BCUT2D eigenvalue weighted by Gasteiger charge is 2.19. The summed E-state index contributed by atoms with van der Waals surface area (Å²) in [6.07, 6.45) is 2.63. The Bertz CT molecular complexity index is 612. The molecule has 0 bridgehead atoms. The van der Waals surface area contributed by atoms with Crippen molar-refractivity contribution in [2.45, 2.75) is 19.3 Å². The summed E-state index contributed by atoms with van der Waals surface area (Å²) in [5.41, 5.74) is 4.42. The van der Waals surface area contributed by atoms with Crippen LogP contribution in [0.25, 0.3) is 11.1 Å². The number of hydrogen-bond acceptors (Lipinski definition) is 2. The number of ketones is 1. The van der Waals surface area contributed by atoms with Gasteiger partial charge in [0.2, 0.25) is 0 Å². The van der Waals surface area contributed by atoms with E-state index < -0.39 is 0 Å². The molecule has 0 radical (unpaired) electrons. The second kappa shape index (κ2) is 4.88. The van der Waals surface area contributed by atoms with Crippen LogP contribution in [-0.2, 0) is 6.42 Å². The Morgan fingerprint density at radius 3 is 2.42 bits per heavy atom. The molecule has 1 aliphatic rings. The number of carbonyl (C=O) groups excluding carboxylic acids is 1. The number of benzene rings is 2. The van der Waals surface area contributed by atoms with E-state index in [9.17, 15) is 4.79 Å². The Labute approximate surface area is 113 Å². The third-order valence-corrected chi connectivity index (χ3v) is 3.71. The molecule has 2 nitrogen and oxygen atoms in total. The highest BCUT2D eigenvalue weighted by Crippen LogP contribution is 2.32. The lowest BCUT2D eigenvalue weighted by Crippen LogP contribution is -2.11. The molecule has 1 aliphatic carbocycles. The fraction of sp³-hybridized carbons (Fsp3) is 0.235. The van der Waals surface area contributed by atoms with Crippen molar-refractivity contribution < 1.29 is 9.53 Å². The molecule has 0 spiro atoms. The average molecular weight is 252 g/mol. The van der Waals surface area contributed by atoms with Gasteiger partial charge >= 0.3 is 0 Å². The lowest BCUT2D eigenvalue weighted by molar-refractivity contribution is 0.0972. The number of rotatable bonds is 2. The van der Waals surface area contributed by atoms with E-state index in [2.05, 4.69) is 6.07 Å². The second-order valence-electron chi connectivity index (χ2n) is 4.84. The van der Waals surface area contributed by atoms with E-state index in [1.807, 2.05) is 36.4 Å². The number of ether oxygens (including phenoxy) is 1. The molecule has 0 unspecified atom stereocenters. The van der Waals surface area contributed by atoms with Crippen LogP contribution in [0.1, 0.15) is 28.8 Å². The van der Waals surface area contributed by atoms with Crippen LogP contribution >= 0.6 is 0 Å². The number of carbonyl (C=O) groups is 1. The molecular formula is C17H16O2. The minimum atomic E-state index is 0.275. The van der Waals surface area contributed by atoms with Crippen LogP contribution in [-0.4, -0.2) is 12.9 Å². The fourth-order valence-electron chi connectivity index (χ4n) is 2.72. The Morgan fingerprint density at radius 2 is 1.68 bits per heavy atom. The molecule has 0 atom stereocenters. The van der Waals surface area contributed by atoms with Gasteiger partial charge in [-0.05, 0) is 41.7 Å². The molecule has 0 saturated heterocycles. The zero-order valence-corrected chi connectivity index (χ0v) is 11.0. The Morgan fingerprint density at radius 1 is 0.947 bits per heavy atom. The summed E-state index contributed by atoms with van der Waals surface area (Å²) >= 11 is 0. The van der Waals surface area contributed by atoms with Crippen molar-refractivity contribution in [1.82, 2.24) is 0 Å². The van der Waals surface area contributed by atoms with Crippen LogP contribution in [0, 0.1) is 0 Å². The van der Waals surface area contributed by atoms with Crippen LogP contribution in [0.15, 0.2) is 42.5 Å². The van der Waals surface area contributed by atoms with E-state index in [4.69, 9.17) is 4.74 Å². The first kappa shape index (κ1) is 12.0. The van der Waals surface area contributed by atoms with Crippen molar-refractivity contribution in [2.75, 3.05) is 7.11 Å². The summed E-state index contributed by atoms with van der Waals surface area (Å²) < 4.78 is 5.18. The minimum absolute atomic E-state index is 0.275. The highest BCUT2D eigenvalue weighted by molar-refractivity contribution is 6.00. The number of Topliss-reactive ketones (excluding diaryl/α,β-unsaturated/α-hetero) is 1. The zero-order chi connectivity index (χ0) is 13.2. The van der Waals surface area contributed by atoms with Gasteiger partial charge in [0.1, 0.15) is 5.75 Å². The van der Waals surface area contributed by atoms with Crippen molar-refractivity contribution in [3.8, 4) is 16.9 Å². The third-order valence-electron chi connectivity index (χ3n) is 3.71. The Kier molecular flexibility index (Phi) is 3.08. The molecule has 3 rings (SSSR count). The van der Waals surface area contributed by atoms with Gasteiger partial charge in [-0.2, -0.15) is 0 Å². The molecule has 19 heavy (non-hydrogen) atoms. The van der Waals surface area contributed by atoms with Gasteiger partial charge in [-0.3, -0.25) is 4.79 Å². The van der Waals surface area contributed by atoms with E-state index in [0.29, 0.717) is 6.42 Å². The average Bonchev–Trinajstić information content (AvgIpc) is 2.47. The summed E-state index contributed by atoms with van der Waals surface area (Å²) in [5, 5.41) is 0. The lowest BCUT2D eigenvalue weighted by Gasteiger charge is -2.18. The number of hydrogen-bond donors (Lipinski definition) is 0. The first-order chi connectivity index (χ1) is 9.29. The van der Waals surface area contributed by atoms with Crippen molar-refractivity contribution in [3.63, 3.8) is 0 Å². The zero-order valence-electron chi connectivity index (χ0n) is 11.0. The van der Waals surface area contributed by atoms with Gasteiger partial charge in [0, 0.05) is 12.0 Å². The molecule has 0 heterocycles. The predicted octanol–water partition coefficient (Wildman–Crippen LogP) is 3.88. The van der Waals surface area contributed by atoms with E-state index in [-0.39, 0.29) is 5.78 Å². The minimum Gasteiger partial charge on any atom is -0.497 e. The summed E-state index contributed by atoms with van der Waals surface area (Å²) in [6, 6.07) is 14.0. The van der Waals surface area contributed by atoms with Gasteiger partial charge in [0.05, 0.1) is 7.11 Å². The predicted molar refractivity (Wildman–Crippen MR) is 75.7 cm³/mol. The molecule has 0 saturated carbocycles. The summed E-state index contributed by atoms with van der Waals surface area (Å²) in [5.74, 6) is 1.13. The van der Waals surface area contributed by atoms with Crippen molar-refractivity contribution in [1.29, 1.82) is 0 Å². The largest absolute Gasteiger partial charge is 0.497 e. The molecule has 96 valence electrons. The molecule has 0 fully saturated rings. The van der Waals surface area contributed by atoms with Crippen LogP contribution in [0.3, 0.4) is 0 Å². The molecule has 0 N–H and O–H groups in total. The first-order valence-corrected chi connectivity index (χ1v) is 6.59. The van der Waals surface area contributed by atoms with Gasteiger partial charge in [0.25, 0.3) is 0 Å². The topological polar surface area (TPSA) is 26.3 Å². The van der Waals surface area contributed by atoms with Crippen LogP contribution in [0.5, 0.6) is 5.75 Å². The highest BCUT2D eigenvalue weighted by atomic mass is 16.5. The van der Waals surface area contributed by atoms with Crippen molar-refractivity contribution >= 4 is 5.78 Å². The molecule has 0 amide bonds. The summed E-state index contributed by atoms with van der Waals surface area (Å²) in [4.78, 5) is 11.9. The Balaban J connectivity index is 2.09. The summed E-state index contributed by atoms with van der Waals surface area (Å²) in [7, 11) is 1.66. The van der Waals surface area contributed by atoms with E-state index in [0.717, 1.165) is 29.7 Å². The van der Waals surface area contributed by atoms with Gasteiger partial charge in [-0.15, -0.1) is 0 Å². The molecular weight excluding hydrogens is 236 g/mol. The monoisotopic (exact) mass is 252 g/mol. The second-order valence-corrected chi connectivity index (χ2v) is 4.84. The molecule has 2 heteroatoms. The number of methoxy groups -OCH3 is 1. The SMILES string of the molecule is COc1ccc(-c2cccc3c2CCCC3=O)cc1. The molecule has 2 aromatic rings. The quantitative estimate of drug-likeness (QED) is 0.810. The summed E-state index contributed by atoms with van der Waals surface area (Å²) in [6.45, 7) is 0. The van der Waals surface area contributed by atoms with Crippen LogP contribution in [0.2, 0.25) is 0 Å². The standard InChI is InChI=1S/C17H16O2/c1-19-13-10-8-12(9-11-13)14-4-2-6-16-15(14)5-3-7-17(16)18/h2,4,6,8-11H,3,5,7H2,1H3. The maximum Gasteiger partial charge on any atom is 0.163 e. The molecule has 0 aliphatic heterocycles.